The molecule has 0 spiro atoms. The molecule has 4 nitrogen and oxygen atoms in total. The lowest BCUT2D eigenvalue weighted by molar-refractivity contribution is -0.142. The Morgan fingerprint density at radius 3 is 2.41 bits per heavy atom. The Morgan fingerprint density at radius 2 is 1.86 bits per heavy atom. The van der Waals surface area contributed by atoms with Crippen LogP contribution in [0.2, 0.25) is 0 Å². The van der Waals surface area contributed by atoms with Gasteiger partial charge in [-0.25, -0.2) is 0 Å². The van der Waals surface area contributed by atoms with E-state index in [9.17, 15) is 4.79 Å². The van der Waals surface area contributed by atoms with Gasteiger partial charge in [-0.05, 0) is 109 Å². The van der Waals surface area contributed by atoms with Crippen LogP contribution >= 0.6 is 0 Å². The summed E-state index contributed by atoms with van der Waals surface area (Å²) in [5.74, 6) is 0.723. The molecule has 0 radical (unpaired) electrons. The smallest absolute Gasteiger partial charge is 0.426 e. The Bertz CT molecular complexity index is 788. The summed E-state index contributed by atoms with van der Waals surface area (Å²) in [6.45, 7) is 17.8. The largest absolute Gasteiger partial charge is 0.495 e. The number of ether oxygens (including phenoxy) is 1. The van der Waals surface area contributed by atoms with Gasteiger partial charge in [0, 0.05) is 0 Å². The van der Waals surface area contributed by atoms with Gasteiger partial charge in [0.2, 0.25) is 0 Å². The molecular formula is C24H35BO4. The maximum absolute atomic E-state index is 12.5. The molecule has 1 heterocycles. The molecule has 1 saturated heterocycles. The van der Waals surface area contributed by atoms with Crippen LogP contribution in [0.3, 0.4) is 0 Å². The third kappa shape index (κ3) is 4.31. The highest BCUT2D eigenvalue weighted by atomic mass is 16.7. The van der Waals surface area contributed by atoms with Crippen LogP contribution in [0.4, 0.5) is 0 Å². The molecule has 1 aromatic carbocycles. The van der Waals surface area contributed by atoms with Crippen molar-refractivity contribution in [3.05, 3.63) is 35.9 Å². The van der Waals surface area contributed by atoms with Crippen molar-refractivity contribution in [3.63, 3.8) is 0 Å². The molecule has 0 saturated carbocycles. The second-order valence-electron chi connectivity index (χ2n) is 10.4. The fourth-order valence-corrected chi connectivity index (χ4v) is 4.02. The molecule has 1 unspecified atom stereocenters. The molecule has 1 atom stereocenters. The molecule has 29 heavy (non-hydrogen) atoms. The second-order valence-corrected chi connectivity index (χ2v) is 10.4. The number of rotatable bonds is 4. The number of benzene rings is 1. The SMILES string of the molecule is C=CCC1CCCc2cc(OC(=O)C(C)(C)C)cc(B3OC(C)(C)C(C)(C)O3)c21. The summed E-state index contributed by atoms with van der Waals surface area (Å²) >= 11 is 0. The monoisotopic (exact) mass is 398 g/mol. The first-order valence-corrected chi connectivity index (χ1v) is 10.7. The predicted molar refractivity (Wildman–Crippen MR) is 118 cm³/mol. The highest BCUT2D eigenvalue weighted by Gasteiger charge is 2.52. The lowest BCUT2D eigenvalue weighted by atomic mass is 9.67. The molecule has 0 amide bonds. The Morgan fingerprint density at radius 1 is 1.24 bits per heavy atom. The van der Waals surface area contributed by atoms with Crippen molar-refractivity contribution in [1.82, 2.24) is 0 Å². The number of fused-ring (bicyclic) bond motifs is 1. The van der Waals surface area contributed by atoms with E-state index < -0.39 is 23.7 Å². The summed E-state index contributed by atoms with van der Waals surface area (Å²) in [6.07, 6.45) is 6.11. The van der Waals surface area contributed by atoms with Crippen LogP contribution in [-0.4, -0.2) is 24.3 Å². The van der Waals surface area contributed by atoms with Crippen LogP contribution in [0.5, 0.6) is 5.75 Å². The predicted octanol–water partition coefficient (Wildman–Crippen LogP) is 4.93. The molecule has 1 fully saturated rings. The number of carbonyl (C=O) groups excluding carboxylic acids is 1. The second kappa shape index (κ2) is 7.59. The summed E-state index contributed by atoms with van der Waals surface area (Å²) in [5.41, 5.74) is 2.09. The summed E-state index contributed by atoms with van der Waals surface area (Å²) in [5, 5.41) is 0. The van der Waals surface area contributed by atoms with Crippen LogP contribution < -0.4 is 10.2 Å². The minimum absolute atomic E-state index is 0.240. The lowest BCUT2D eigenvalue weighted by Gasteiger charge is -2.32. The minimum Gasteiger partial charge on any atom is -0.426 e. The van der Waals surface area contributed by atoms with Crippen LogP contribution in [0.1, 0.15) is 84.8 Å². The van der Waals surface area contributed by atoms with E-state index in [4.69, 9.17) is 14.0 Å². The molecule has 1 aromatic rings. The van der Waals surface area contributed by atoms with Crippen molar-refractivity contribution < 1.29 is 18.8 Å². The standard InChI is InChI=1S/C24H35BO4/c1-9-11-16-12-10-13-17-14-18(27-21(26)22(2,3)4)15-19(20(16)17)25-28-23(5,6)24(7,8)29-25/h9,14-16H,1,10-13H2,2-8H3. The van der Waals surface area contributed by atoms with Gasteiger partial charge in [0.1, 0.15) is 5.75 Å². The Balaban J connectivity index is 2.08. The van der Waals surface area contributed by atoms with Gasteiger partial charge in [0.15, 0.2) is 0 Å². The van der Waals surface area contributed by atoms with Gasteiger partial charge >= 0.3 is 13.1 Å². The van der Waals surface area contributed by atoms with Crippen LogP contribution in [0, 0.1) is 5.41 Å². The average Bonchev–Trinajstić information content (AvgIpc) is 2.81. The molecule has 0 N–H and O–H groups in total. The number of esters is 1. The van der Waals surface area contributed by atoms with Crippen molar-refractivity contribution in [2.45, 2.75) is 91.3 Å². The van der Waals surface area contributed by atoms with Gasteiger partial charge in [-0.2, -0.15) is 0 Å². The first-order chi connectivity index (χ1) is 13.4. The third-order valence-corrected chi connectivity index (χ3v) is 6.46. The Hall–Kier alpha value is -1.59. The maximum atomic E-state index is 12.5. The summed E-state index contributed by atoms with van der Waals surface area (Å²) in [6, 6.07) is 3.98. The minimum atomic E-state index is -0.564. The topological polar surface area (TPSA) is 44.8 Å². The third-order valence-electron chi connectivity index (χ3n) is 6.46. The lowest BCUT2D eigenvalue weighted by Crippen LogP contribution is -2.41. The van der Waals surface area contributed by atoms with Gasteiger partial charge in [-0.3, -0.25) is 4.79 Å². The van der Waals surface area contributed by atoms with Gasteiger partial charge in [0.05, 0.1) is 16.6 Å². The molecular weight excluding hydrogens is 363 g/mol. The highest BCUT2D eigenvalue weighted by molar-refractivity contribution is 6.62. The summed E-state index contributed by atoms with van der Waals surface area (Å²) < 4.78 is 18.5. The Kier molecular flexibility index (Phi) is 5.79. The quantitative estimate of drug-likeness (QED) is 0.312. The van der Waals surface area contributed by atoms with Crippen LogP contribution in [0.25, 0.3) is 0 Å². The Labute approximate surface area is 176 Å². The van der Waals surface area contributed by atoms with Crippen molar-refractivity contribution in [2.75, 3.05) is 0 Å². The van der Waals surface area contributed by atoms with Crippen molar-refractivity contribution >= 4 is 18.6 Å². The zero-order valence-electron chi connectivity index (χ0n) is 19.1. The van der Waals surface area contributed by atoms with Crippen LogP contribution in [0.15, 0.2) is 24.8 Å². The van der Waals surface area contributed by atoms with E-state index >= 15 is 0 Å². The average molecular weight is 398 g/mol. The van der Waals surface area contributed by atoms with E-state index in [1.54, 1.807) is 0 Å². The van der Waals surface area contributed by atoms with E-state index in [0.29, 0.717) is 11.7 Å². The number of carbonyl (C=O) groups is 1. The van der Waals surface area contributed by atoms with E-state index in [-0.39, 0.29) is 5.97 Å². The number of hydrogen-bond acceptors (Lipinski definition) is 4. The number of allylic oxidation sites excluding steroid dienone is 1. The van der Waals surface area contributed by atoms with Crippen LogP contribution in [-0.2, 0) is 20.5 Å². The molecule has 1 aliphatic carbocycles. The first-order valence-electron chi connectivity index (χ1n) is 10.7. The first kappa shape index (κ1) is 22.1. The zero-order chi connectivity index (χ0) is 21.6. The van der Waals surface area contributed by atoms with E-state index in [1.165, 1.54) is 11.1 Å². The normalized spacial score (nSPS) is 22.9. The van der Waals surface area contributed by atoms with Crippen molar-refractivity contribution in [1.29, 1.82) is 0 Å². The fourth-order valence-electron chi connectivity index (χ4n) is 4.02. The van der Waals surface area contributed by atoms with Crippen molar-refractivity contribution in [2.24, 2.45) is 5.41 Å². The maximum Gasteiger partial charge on any atom is 0.495 e. The number of aryl methyl sites for hydroxylation is 1. The van der Waals surface area contributed by atoms with Gasteiger partial charge in [-0.1, -0.05) is 6.08 Å². The van der Waals surface area contributed by atoms with E-state index in [1.807, 2.05) is 39.0 Å². The fraction of sp³-hybridized carbons (Fsp3) is 0.625. The zero-order valence-corrected chi connectivity index (χ0v) is 19.1. The molecule has 5 heteroatoms. The summed E-state index contributed by atoms with van der Waals surface area (Å²) in [4.78, 5) is 12.5. The van der Waals surface area contributed by atoms with Gasteiger partial charge in [0.25, 0.3) is 0 Å². The van der Waals surface area contributed by atoms with E-state index in [2.05, 4.69) is 34.3 Å². The van der Waals surface area contributed by atoms with Gasteiger partial charge < -0.3 is 14.0 Å². The molecule has 1 aliphatic heterocycles. The number of hydrogen-bond donors (Lipinski definition) is 0. The molecule has 3 rings (SSSR count). The van der Waals surface area contributed by atoms with Crippen molar-refractivity contribution in [3.8, 4) is 5.75 Å². The van der Waals surface area contributed by atoms with Gasteiger partial charge in [-0.15, -0.1) is 6.58 Å². The highest BCUT2D eigenvalue weighted by Crippen LogP contribution is 2.40. The van der Waals surface area contributed by atoms with E-state index in [0.717, 1.165) is 31.1 Å². The molecule has 2 aliphatic rings. The molecule has 158 valence electrons. The summed E-state index contributed by atoms with van der Waals surface area (Å²) in [7, 11) is -0.479. The molecule has 0 bridgehead atoms. The molecule has 0 aromatic heterocycles.